The number of thiol groups is 1. The van der Waals surface area contributed by atoms with Crippen LogP contribution in [-0.2, 0) is 6.54 Å². The Labute approximate surface area is 151 Å². The zero-order chi connectivity index (χ0) is 18.3. The molecule has 0 unspecified atom stereocenters. The Balaban J connectivity index is 1.59. The van der Waals surface area contributed by atoms with Gasteiger partial charge < -0.3 is 9.73 Å². The van der Waals surface area contributed by atoms with E-state index < -0.39 is 10.9 Å². The molecule has 0 bridgehead atoms. The van der Waals surface area contributed by atoms with Crippen LogP contribution in [0.15, 0.2) is 47.3 Å². The van der Waals surface area contributed by atoms with E-state index in [0.717, 1.165) is 6.07 Å². The molecule has 4 rings (SSSR count). The molecule has 7 nitrogen and oxygen atoms in total. The van der Waals surface area contributed by atoms with Gasteiger partial charge in [-0.3, -0.25) is 9.59 Å². The maximum Gasteiger partial charge on any atom is 0.257 e. The van der Waals surface area contributed by atoms with Crippen LogP contribution in [0.3, 0.4) is 0 Å². The van der Waals surface area contributed by atoms with E-state index in [1.807, 2.05) is 0 Å². The summed E-state index contributed by atoms with van der Waals surface area (Å²) in [4.78, 5) is 28.0. The highest BCUT2D eigenvalue weighted by Crippen LogP contribution is 2.26. The number of aromatic nitrogens is 3. The van der Waals surface area contributed by atoms with Crippen molar-refractivity contribution in [2.75, 3.05) is 0 Å². The van der Waals surface area contributed by atoms with Crippen molar-refractivity contribution in [1.82, 2.24) is 19.9 Å². The van der Waals surface area contributed by atoms with Crippen LogP contribution in [0.25, 0.3) is 16.6 Å². The van der Waals surface area contributed by atoms with Crippen molar-refractivity contribution in [3.8, 4) is 0 Å². The van der Waals surface area contributed by atoms with E-state index in [2.05, 4.69) is 28.0 Å². The Morgan fingerprint density at radius 3 is 2.92 bits per heavy atom. The monoisotopic (exact) mass is 370 g/mol. The first-order valence-electron chi connectivity index (χ1n) is 7.55. The number of rotatable bonds is 4. The second kappa shape index (κ2) is 6.26. The fraction of sp³-hybridized carbons (Fsp3) is 0.0588. The molecular formula is C17H11FN4O3S. The predicted octanol–water partition coefficient (Wildman–Crippen LogP) is 2.61. The van der Waals surface area contributed by atoms with Crippen LogP contribution in [0.5, 0.6) is 0 Å². The molecule has 1 amide bonds. The molecule has 0 aliphatic carbocycles. The summed E-state index contributed by atoms with van der Waals surface area (Å²) in [7, 11) is 0. The minimum atomic E-state index is -0.600. The molecule has 0 saturated carbocycles. The summed E-state index contributed by atoms with van der Waals surface area (Å²) in [6, 6.07) is 5.58. The number of nitrogens with zero attached hydrogens (tertiary/aromatic N) is 3. The Morgan fingerprint density at radius 2 is 2.12 bits per heavy atom. The van der Waals surface area contributed by atoms with Crippen molar-refractivity contribution < 1.29 is 18.4 Å². The van der Waals surface area contributed by atoms with Gasteiger partial charge in [0.1, 0.15) is 22.7 Å². The van der Waals surface area contributed by atoms with Crippen molar-refractivity contribution in [2.24, 2.45) is 0 Å². The fourth-order valence-corrected chi connectivity index (χ4v) is 2.83. The van der Waals surface area contributed by atoms with Crippen molar-refractivity contribution in [3.05, 3.63) is 65.6 Å². The fourth-order valence-electron chi connectivity index (χ4n) is 2.67. The van der Waals surface area contributed by atoms with E-state index in [1.165, 1.54) is 16.8 Å². The Morgan fingerprint density at radius 1 is 1.27 bits per heavy atom. The van der Waals surface area contributed by atoms with Crippen molar-refractivity contribution >= 4 is 40.3 Å². The van der Waals surface area contributed by atoms with Gasteiger partial charge in [-0.25, -0.2) is 13.9 Å². The normalized spacial score (nSPS) is 11.2. The maximum absolute atomic E-state index is 13.6. The number of hydrogen-bond acceptors (Lipinski definition) is 5. The standard InChI is InChI=1S/C17H11FN4O3S/c18-10-4-9-5-11(25-14(9)12(6-10)17(24)26)7-20-16(23)13-8-21-22-3-1-2-19-15(13)22/h1-6,8H,7H2,(H,20,23)(H,24,26). The first-order valence-corrected chi connectivity index (χ1v) is 7.99. The second-order valence-electron chi connectivity index (χ2n) is 5.52. The van der Waals surface area contributed by atoms with E-state index in [0.29, 0.717) is 22.4 Å². The topological polar surface area (TPSA) is 89.5 Å². The lowest BCUT2D eigenvalue weighted by atomic mass is 10.1. The number of nitrogens with one attached hydrogen (secondary N) is 1. The summed E-state index contributed by atoms with van der Waals surface area (Å²) in [5.41, 5.74) is 1.01. The molecule has 4 aromatic rings. The summed E-state index contributed by atoms with van der Waals surface area (Å²) >= 11 is 3.73. The lowest BCUT2D eigenvalue weighted by Crippen LogP contribution is -2.22. The number of carbonyl (C=O) groups is 2. The summed E-state index contributed by atoms with van der Waals surface area (Å²) in [5, 5.41) is 6.57. The molecule has 1 N–H and O–H groups in total. The third-order valence-corrected chi connectivity index (χ3v) is 4.05. The molecule has 0 spiro atoms. The molecule has 0 radical (unpaired) electrons. The first-order chi connectivity index (χ1) is 12.5. The van der Waals surface area contributed by atoms with Gasteiger partial charge >= 0.3 is 0 Å². The Kier molecular flexibility index (Phi) is 3.92. The van der Waals surface area contributed by atoms with Crippen LogP contribution < -0.4 is 5.32 Å². The number of benzene rings is 1. The number of hydrogen-bond donors (Lipinski definition) is 2. The van der Waals surface area contributed by atoms with Gasteiger partial charge in [0.2, 0.25) is 5.12 Å². The Bertz CT molecular complexity index is 1170. The minimum absolute atomic E-state index is 0.0349. The molecule has 3 aromatic heterocycles. The third kappa shape index (κ3) is 2.82. The van der Waals surface area contributed by atoms with Gasteiger partial charge in [-0.2, -0.15) is 5.10 Å². The minimum Gasteiger partial charge on any atom is -0.458 e. The predicted molar refractivity (Wildman–Crippen MR) is 93.6 cm³/mol. The second-order valence-corrected chi connectivity index (χ2v) is 5.92. The van der Waals surface area contributed by atoms with E-state index in [4.69, 9.17) is 4.42 Å². The number of halogens is 1. The smallest absolute Gasteiger partial charge is 0.257 e. The highest BCUT2D eigenvalue weighted by atomic mass is 32.1. The zero-order valence-corrected chi connectivity index (χ0v) is 14.0. The van der Waals surface area contributed by atoms with Crippen molar-refractivity contribution in [2.45, 2.75) is 6.54 Å². The molecule has 0 aliphatic heterocycles. The van der Waals surface area contributed by atoms with Gasteiger partial charge in [-0.15, -0.1) is 12.6 Å². The summed E-state index contributed by atoms with van der Waals surface area (Å²) in [5.74, 6) is -0.571. The van der Waals surface area contributed by atoms with Crippen molar-refractivity contribution in [1.29, 1.82) is 0 Å². The molecule has 130 valence electrons. The molecule has 0 fully saturated rings. The van der Waals surface area contributed by atoms with Crippen LogP contribution >= 0.6 is 12.6 Å². The maximum atomic E-state index is 13.6. The molecule has 0 saturated heterocycles. The first kappa shape index (κ1) is 16.3. The molecule has 26 heavy (non-hydrogen) atoms. The largest absolute Gasteiger partial charge is 0.458 e. The number of fused-ring (bicyclic) bond motifs is 2. The molecule has 3 heterocycles. The van der Waals surface area contributed by atoms with Crippen LogP contribution in [-0.4, -0.2) is 25.6 Å². The third-order valence-electron chi connectivity index (χ3n) is 3.81. The van der Waals surface area contributed by atoms with Crippen LogP contribution in [0, 0.1) is 5.82 Å². The van der Waals surface area contributed by atoms with Gasteiger partial charge in [0, 0.05) is 17.8 Å². The lowest BCUT2D eigenvalue weighted by molar-refractivity contribution is 0.0949. The van der Waals surface area contributed by atoms with E-state index in [1.54, 1.807) is 24.5 Å². The summed E-state index contributed by atoms with van der Waals surface area (Å²) in [6.45, 7) is 0.0551. The summed E-state index contributed by atoms with van der Waals surface area (Å²) in [6.07, 6.45) is 4.67. The van der Waals surface area contributed by atoms with Gasteiger partial charge in [-0.1, -0.05) is 0 Å². The number of carbonyl (C=O) groups excluding carboxylic acids is 2. The molecule has 0 aliphatic rings. The molecular weight excluding hydrogens is 359 g/mol. The number of amides is 1. The van der Waals surface area contributed by atoms with Crippen LogP contribution in [0.2, 0.25) is 0 Å². The molecule has 1 aromatic carbocycles. The molecule has 9 heteroatoms. The van der Waals surface area contributed by atoms with Gasteiger partial charge in [0.15, 0.2) is 5.65 Å². The quantitative estimate of drug-likeness (QED) is 0.539. The lowest BCUT2D eigenvalue weighted by Gasteiger charge is -2.01. The van der Waals surface area contributed by atoms with Gasteiger partial charge in [0.25, 0.3) is 5.91 Å². The summed E-state index contributed by atoms with van der Waals surface area (Å²) < 4.78 is 20.7. The van der Waals surface area contributed by atoms with Gasteiger partial charge in [-0.05, 0) is 24.3 Å². The SMILES string of the molecule is O=C(S)c1cc(F)cc2cc(CNC(=O)c3cnn4cccnc34)oc12. The van der Waals surface area contributed by atoms with Gasteiger partial charge in [0.05, 0.1) is 18.3 Å². The van der Waals surface area contributed by atoms with Crippen LogP contribution in [0.4, 0.5) is 4.39 Å². The average molecular weight is 370 g/mol. The zero-order valence-electron chi connectivity index (χ0n) is 13.1. The molecule has 0 atom stereocenters. The average Bonchev–Trinajstić information content (AvgIpc) is 3.22. The highest BCUT2D eigenvalue weighted by molar-refractivity contribution is 7.97. The van der Waals surface area contributed by atoms with E-state index in [9.17, 15) is 14.0 Å². The van der Waals surface area contributed by atoms with Crippen molar-refractivity contribution in [3.63, 3.8) is 0 Å². The highest BCUT2D eigenvalue weighted by Gasteiger charge is 2.17. The Hall–Kier alpha value is -3.20. The van der Waals surface area contributed by atoms with Crippen LogP contribution in [0.1, 0.15) is 26.5 Å². The number of furan rings is 1. The van der Waals surface area contributed by atoms with E-state index >= 15 is 0 Å². The van der Waals surface area contributed by atoms with E-state index in [-0.39, 0.29) is 23.6 Å².